The van der Waals surface area contributed by atoms with Crippen LogP contribution in [-0.4, -0.2) is 34.9 Å². The fourth-order valence-electron chi connectivity index (χ4n) is 3.41. The Hall–Kier alpha value is -1.40. The fourth-order valence-corrected chi connectivity index (χ4v) is 3.41. The van der Waals surface area contributed by atoms with Gasteiger partial charge in [-0.3, -0.25) is 9.48 Å². The van der Waals surface area contributed by atoms with Crippen molar-refractivity contribution in [2.75, 3.05) is 13.2 Å². The van der Waals surface area contributed by atoms with Crippen molar-refractivity contribution in [2.45, 2.75) is 58.6 Å². The molecule has 0 aromatic carbocycles. The summed E-state index contributed by atoms with van der Waals surface area (Å²) < 4.78 is 7.90. The first-order valence-electron chi connectivity index (χ1n) is 8.60. The normalized spacial score (nSPS) is 22.4. The number of aromatic nitrogens is 2. The number of carbonyl (C=O) groups is 1. The first-order valence-corrected chi connectivity index (χ1v) is 8.60. The van der Waals surface area contributed by atoms with Gasteiger partial charge in [0.2, 0.25) is 5.91 Å². The predicted octanol–water partition coefficient (Wildman–Crippen LogP) is 1.75. The van der Waals surface area contributed by atoms with Crippen LogP contribution in [0.5, 0.6) is 0 Å². The van der Waals surface area contributed by atoms with E-state index in [1.165, 1.54) is 5.56 Å². The van der Waals surface area contributed by atoms with Gasteiger partial charge in [-0.25, -0.2) is 0 Å². The van der Waals surface area contributed by atoms with Crippen LogP contribution in [0.3, 0.4) is 0 Å². The zero-order valence-corrected chi connectivity index (χ0v) is 14.8. The maximum Gasteiger partial charge on any atom is 0.234 e. The maximum atomic E-state index is 11.6. The summed E-state index contributed by atoms with van der Waals surface area (Å²) in [6, 6.07) is -0.243. The number of hydrogen-bond donors (Lipinski definition) is 2. The second kappa shape index (κ2) is 7.93. The largest absolute Gasteiger partial charge is 0.373 e. The molecule has 1 saturated heterocycles. The third-order valence-corrected chi connectivity index (χ3v) is 4.88. The standard InChI is InChI=1S/C17H30N4O2/c1-5-6-7-14(17(18)22)19-10-13-8-9-23-16(13)15-11(2)20-21(4)12(15)3/h13-14,16,19H,5-10H2,1-4H3,(H2,18,22)/t13-,14+,16-/m1/s1. The number of nitrogens with zero attached hydrogens (tertiary/aromatic N) is 2. The minimum Gasteiger partial charge on any atom is -0.373 e. The van der Waals surface area contributed by atoms with Gasteiger partial charge >= 0.3 is 0 Å². The van der Waals surface area contributed by atoms with E-state index in [-0.39, 0.29) is 18.1 Å². The Morgan fingerprint density at radius 3 is 2.83 bits per heavy atom. The van der Waals surface area contributed by atoms with Crippen LogP contribution in [0.1, 0.15) is 55.7 Å². The van der Waals surface area contributed by atoms with Crippen molar-refractivity contribution >= 4 is 5.91 Å². The molecule has 6 heteroatoms. The molecule has 1 aromatic heterocycles. The highest BCUT2D eigenvalue weighted by Gasteiger charge is 2.34. The predicted molar refractivity (Wildman–Crippen MR) is 90.0 cm³/mol. The number of nitrogens with one attached hydrogen (secondary N) is 1. The number of aryl methyl sites for hydroxylation is 2. The first-order chi connectivity index (χ1) is 11.0. The molecule has 0 bridgehead atoms. The third-order valence-electron chi connectivity index (χ3n) is 4.88. The van der Waals surface area contributed by atoms with Gasteiger partial charge in [0, 0.05) is 37.4 Å². The summed E-state index contributed by atoms with van der Waals surface area (Å²) in [5.74, 6) is 0.0859. The molecule has 130 valence electrons. The van der Waals surface area contributed by atoms with Crippen LogP contribution in [0.4, 0.5) is 0 Å². The molecule has 1 aromatic rings. The summed E-state index contributed by atoms with van der Waals surface area (Å²) >= 11 is 0. The summed E-state index contributed by atoms with van der Waals surface area (Å²) in [7, 11) is 1.96. The number of hydrogen-bond acceptors (Lipinski definition) is 4. The minimum atomic E-state index is -0.261. The van der Waals surface area contributed by atoms with Gasteiger partial charge in [0.05, 0.1) is 17.8 Å². The lowest BCUT2D eigenvalue weighted by Gasteiger charge is -2.22. The van der Waals surface area contributed by atoms with Gasteiger partial charge < -0.3 is 15.8 Å². The van der Waals surface area contributed by atoms with Gasteiger partial charge in [0.1, 0.15) is 0 Å². The number of primary amides is 1. The number of ether oxygens (including phenoxy) is 1. The van der Waals surface area contributed by atoms with Crippen molar-refractivity contribution in [1.82, 2.24) is 15.1 Å². The molecular formula is C17H30N4O2. The number of nitrogens with two attached hydrogens (primary N) is 1. The molecule has 23 heavy (non-hydrogen) atoms. The van der Waals surface area contributed by atoms with Crippen LogP contribution in [0.15, 0.2) is 0 Å². The van der Waals surface area contributed by atoms with Gasteiger partial charge in [-0.15, -0.1) is 0 Å². The lowest BCUT2D eigenvalue weighted by Crippen LogP contribution is -2.43. The molecule has 1 amide bonds. The fraction of sp³-hybridized carbons (Fsp3) is 0.765. The smallest absolute Gasteiger partial charge is 0.234 e. The SMILES string of the molecule is CCCC[C@H](NC[C@H]1CCO[C@H]1c1c(C)nn(C)c1C)C(N)=O. The Balaban J connectivity index is 2.03. The molecule has 0 unspecified atom stereocenters. The Bertz CT molecular complexity index is 541. The van der Waals surface area contributed by atoms with Crippen LogP contribution in [-0.2, 0) is 16.6 Å². The Morgan fingerprint density at radius 2 is 2.26 bits per heavy atom. The zero-order valence-electron chi connectivity index (χ0n) is 14.8. The molecule has 1 aliphatic heterocycles. The third kappa shape index (κ3) is 4.12. The highest BCUT2D eigenvalue weighted by atomic mass is 16.5. The van der Waals surface area contributed by atoms with Crippen molar-refractivity contribution in [3.05, 3.63) is 17.0 Å². The van der Waals surface area contributed by atoms with E-state index >= 15 is 0 Å². The summed E-state index contributed by atoms with van der Waals surface area (Å²) in [5, 5.41) is 7.86. The van der Waals surface area contributed by atoms with E-state index in [9.17, 15) is 4.79 Å². The van der Waals surface area contributed by atoms with Crippen LogP contribution in [0.25, 0.3) is 0 Å². The number of rotatable bonds is 8. The van der Waals surface area contributed by atoms with Crippen molar-refractivity contribution < 1.29 is 9.53 Å². The van der Waals surface area contributed by atoms with E-state index in [1.807, 2.05) is 18.7 Å². The van der Waals surface area contributed by atoms with Crippen LogP contribution in [0, 0.1) is 19.8 Å². The molecular weight excluding hydrogens is 292 g/mol. The summed E-state index contributed by atoms with van der Waals surface area (Å²) in [4.78, 5) is 11.6. The lowest BCUT2D eigenvalue weighted by molar-refractivity contribution is -0.120. The van der Waals surface area contributed by atoms with Gasteiger partial charge in [0.15, 0.2) is 0 Å². The molecule has 6 nitrogen and oxygen atoms in total. The minimum absolute atomic E-state index is 0.0518. The van der Waals surface area contributed by atoms with Gasteiger partial charge in [-0.05, 0) is 26.7 Å². The van der Waals surface area contributed by atoms with Crippen LogP contribution < -0.4 is 11.1 Å². The molecule has 1 aliphatic rings. The van der Waals surface area contributed by atoms with E-state index in [0.29, 0.717) is 5.92 Å². The molecule has 3 atom stereocenters. The molecule has 0 radical (unpaired) electrons. The topological polar surface area (TPSA) is 82.2 Å². The van der Waals surface area contributed by atoms with Gasteiger partial charge in [0.25, 0.3) is 0 Å². The van der Waals surface area contributed by atoms with Gasteiger partial charge in [-0.2, -0.15) is 5.10 Å². The Labute approximate surface area is 138 Å². The molecule has 0 saturated carbocycles. The lowest BCUT2D eigenvalue weighted by atomic mass is 9.93. The van der Waals surface area contributed by atoms with Crippen LogP contribution >= 0.6 is 0 Å². The van der Waals surface area contributed by atoms with E-state index in [2.05, 4.69) is 24.3 Å². The summed E-state index contributed by atoms with van der Waals surface area (Å²) in [6.07, 6.45) is 3.91. The second-order valence-electron chi connectivity index (χ2n) is 6.55. The average Bonchev–Trinajstić information content (AvgIpc) is 3.04. The number of carbonyl (C=O) groups excluding carboxylic acids is 1. The highest BCUT2D eigenvalue weighted by Crippen LogP contribution is 2.37. The molecule has 2 heterocycles. The number of amides is 1. The second-order valence-corrected chi connectivity index (χ2v) is 6.55. The zero-order chi connectivity index (χ0) is 17.0. The summed E-state index contributed by atoms with van der Waals surface area (Å²) in [6.45, 7) is 7.72. The summed E-state index contributed by atoms with van der Waals surface area (Å²) in [5.41, 5.74) is 8.89. The quantitative estimate of drug-likeness (QED) is 0.764. The molecule has 3 N–H and O–H groups in total. The van der Waals surface area contributed by atoms with Crippen molar-refractivity contribution in [2.24, 2.45) is 18.7 Å². The molecule has 1 fully saturated rings. The van der Waals surface area contributed by atoms with Crippen molar-refractivity contribution in [1.29, 1.82) is 0 Å². The van der Waals surface area contributed by atoms with Crippen molar-refractivity contribution in [3.63, 3.8) is 0 Å². The Kier molecular flexibility index (Phi) is 6.18. The van der Waals surface area contributed by atoms with E-state index in [4.69, 9.17) is 10.5 Å². The van der Waals surface area contributed by atoms with Crippen molar-refractivity contribution in [3.8, 4) is 0 Å². The molecule has 2 rings (SSSR count). The van der Waals surface area contributed by atoms with E-state index < -0.39 is 0 Å². The number of unbranched alkanes of at least 4 members (excludes halogenated alkanes) is 1. The average molecular weight is 322 g/mol. The van der Waals surface area contributed by atoms with E-state index in [1.54, 1.807) is 0 Å². The maximum absolute atomic E-state index is 11.6. The van der Waals surface area contributed by atoms with Crippen LogP contribution in [0.2, 0.25) is 0 Å². The van der Waals surface area contributed by atoms with Gasteiger partial charge in [-0.1, -0.05) is 19.8 Å². The first kappa shape index (κ1) is 17.9. The van der Waals surface area contributed by atoms with E-state index in [0.717, 1.165) is 50.2 Å². The molecule has 0 spiro atoms. The Morgan fingerprint density at radius 1 is 1.52 bits per heavy atom. The monoisotopic (exact) mass is 322 g/mol. The highest BCUT2D eigenvalue weighted by molar-refractivity contribution is 5.79. The molecule has 0 aliphatic carbocycles.